The average molecular weight is 266 g/mol. The average Bonchev–Trinajstić information content (AvgIpc) is 2.41. The van der Waals surface area contributed by atoms with Gasteiger partial charge < -0.3 is 4.74 Å². The highest BCUT2D eigenvalue weighted by Crippen LogP contribution is 2.21. The highest BCUT2D eigenvalue weighted by Gasteiger charge is 2.18. The first-order valence-corrected chi connectivity index (χ1v) is 5.37. The standard InChI is InChI=1S/C14H9F3O2/c1-19-12-6-5-8(7-11(12)16)14(18)9-3-2-4-10(15)13(9)17/h2-7H,1H3. The van der Waals surface area contributed by atoms with E-state index in [2.05, 4.69) is 0 Å². The van der Waals surface area contributed by atoms with Crippen LogP contribution < -0.4 is 4.74 Å². The van der Waals surface area contributed by atoms with E-state index in [-0.39, 0.29) is 11.3 Å². The molecule has 0 amide bonds. The minimum absolute atomic E-state index is 0.0312. The van der Waals surface area contributed by atoms with Gasteiger partial charge in [0.15, 0.2) is 29.0 Å². The summed E-state index contributed by atoms with van der Waals surface area (Å²) in [6.45, 7) is 0. The van der Waals surface area contributed by atoms with Gasteiger partial charge in [-0.1, -0.05) is 6.07 Å². The van der Waals surface area contributed by atoms with Crippen molar-refractivity contribution in [1.82, 2.24) is 0 Å². The van der Waals surface area contributed by atoms with Crippen molar-refractivity contribution in [3.63, 3.8) is 0 Å². The minimum Gasteiger partial charge on any atom is -0.494 e. The van der Waals surface area contributed by atoms with E-state index in [0.29, 0.717) is 0 Å². The molecule has 2 nitrogen and oxygen atoms in total. The molecule has 0 unspecified atom stereocenters. The number of rotatable bonds is 3. The molecule has 0 N–H and O–H groups in total. The fourth-order valence-electron chi connectivity index (χ4n) is 1.64. The maximum atomic E-state index is 13.5. The van der Waals surface area contributed by atoms with E-state index in [9.17, 15) is 18.0 Å². The van der Waals surface area contributed by atoms with Crippen LogP contribution in [0.4, 0.5) is 13.2 Å². The Morgan fingerprint density at radius 3 is 2.42 bits per heavy atom. The molecule has 0 spiro atoms. The number of hydrogen-bond acceptors (Lipinski definition) is 2. The second kappa shape index (κ2) is 5.14. The van der Waals surface area contributed by atoms with Crippen LogP contribution in [0.2, 0.25) is 0 Å². The van der Waals surface area contributed by atoms with Gasteiger partial charge in [-0.05, 0) is 30.3 Å². The third-order valence-corrected chi connectivity index (χ3v) is 2.61. The van der Waals surface area contributed by atoms with E-state index in [4.69, 9.17) is 4.74 Å². The van der Waals surface area contributed by atoms with Crippen LogP contribution in [0, 0.1) is 17.5 Å². The summed E-state index contributed by atoms with van der Waals surface area (Å²) in [5.41, 5.74) is -0.521. The Kier molecular flexibility index (Phi) is 3.55. The molecule has 0 aliphatic rings. The zero-order chi connectivity index (χ0) is 14.0. The number of ketones is 1. The minimum atomic E-state index is -1.25. The third kappa shape index (κ3) is 2.45. The second-order valence-electron chi connectivity index (χ2n) is 3.78. The van der Waals surface area contributed by atoms with Crippen LogP contribution in [0.3, 0.4) is 0 Å². The fraction of sp³-hybridized carbons (Fsp3) is 0.0714. The lowest BCUT2D eigenvalue weighted by molar-refractivity contribution is 0.103. The monoisotopic (exact) mass is 266 g/mol. The lowest BCUT2D eigenvalue weighted by atomic mass is 10.0. The van der Waals surface area contributed by atoms with Crippen LogP contribution in [-0.2, 0) is 0 Å². The van der Waals surface area contributed by atoms with Crippen LogP contribution in [-0.4, -0.2) is 12.9 Å². The number of halogens is 3. The van der Waals surface area contributed by atoms with Crippen molar-refractivity contribution < 1.29 is 22.7 Å². The van der Waals surface area contributed by atoms with E-state index >= 15 is 0 Å². The van der Waals surface area contributed by atoms with Gasteiger partial charge in [0, 0.05) is 5.56 Å². The molecule has 0 heterocycles. The molecule has 2 aromatic rings. The van der Waals surface area contributed by atoms with Gasteiger partial charge in [0.2, 0.25) is 0 Å². The van der Waals surface area contributed by atoms with Crippen molar-refractivity contribution >= 4 is 5.78 Å². The maximum absolute atomic E-state index is 13.5. The number of carbonyl (C=O) groups excluding carboxylic acids is 1. The zero-order valence-electron chi connectivity index (χ0n) is 9.91. The van der Waals surface area contributed by atoms with E-state index in [0.717, 1.165) is 18.2 Å². The van der Waals surface area contributed by atoms with Gasteiger partial charge in [0.1, 0.15) is 0 Å². The molecule has 0 aliphatic carbocycles. The molecule has 0 saturated carbocycles. The van der Waals surface area contributed by atoms with Crippen molar-refractivity contribution in [2.24, 2.45) is 0 Å². The molecule has 0 atom stereocenters. The van der Waals surface area contributed by atoms with Crippen molar-refractivity contribution in [3.8, 4) is 5.75 Å². The summed E-state index contributed by atoms with van der Waals surface area (Å²) in [5, 5.41) is 0. The van der Waals surface area contributed by atoms with Crippen molar-refractivity contribution in [3.05, 3.63) is 65.0 Å². The van der Waals surface area contributed by atoms with Crippen molar-refractivity contribution in [2.45, 2.75) is 0 Å². The lowest BCUT2D eigenvalue weighted by Crippen LogP contribution is -2.06. The Bertz CT molecular complexity index is 639. The Hall–Kier alpha value is -2.30. The van der Waals surface area contributed by atoms with Gasteiger partial charge in [0.25, 0.3) is 0 Å². The Morgan fingerprint density at radius 2 is 1.79 bits per heavy atom. The SMILES string of the molecule is COc1ccc(C(=O)c2cccc(F)c2F)cc1F. The Morgan fingerprint density at radius 1 is 1.05 bits per heavy atom. The smallest absolute Gasteiger partial charge is 0.196 e. The van der Waals surface area contributed by atoms with E-state index in [1.807, 2.05) is 0 Å². The topological polar surface area (TPSA) is 26.3 Å². The molecular weight excluding hydrogens is 257 g/mol. The molecule has 0 bridgehead atoms. The molecule has 0 radical (unpaired) electrons. The van der Waals surface area contributed by atoms with Crippen LogP contribution in [0.15, 0.2) is 36.4 Å². The van der Waals surface area contributed by atoms with Crippen LogP contribution in [0.5, 0.6) is 5.75 Å². The first kappa shape index (κ1) is 13.1. The number of ether oxygens (including phenoxy) is 1. The number of benzene rings is 2. The lowest BCUT2D eigenvalue weighted by Gasteiger charge is -2.06. The zero-order valence-corrected chi connectivity index (χ0v) is 9.91. The number of methoxy groups -OCH3 is 1. The van der Waals surface area contributed by atoms with Crippen molar-refractivity contribution in [1.29, 1.82) is 0 Å². The summed E-state index contributed by atoms with van der Waals surface area (Å²) >= 11 is 0. The van der Waals surface area contributed by atoms with E-state index < -0.39 is 28.8 Å². The summed E-state index contributed by atoms with van der Waals surface area (Å²) < 4.78 is 44.7. The number of hydrogen-bond donors (Lipinski definition) is 0. The van der Waals surface area contributed by atoms with Gasteiger partial charge in [0.05, 0.1) is 12.7 Å². The predicted molar refractivity (Wildman–Crippen MR) is 62.7 cm³/mol. The molecule has 0 aliphatic heterocycles. The van der Waals surface area contributed by atoms with Gasteiger partial charge >= 0.3 is 0 Å². The number of carbonyl (C=O) groups is 1. The Labute approximate surface area is 107 Å². The summed E-state index contributed by atoms with van der Waals surface area (Å²) in [7, 11) is 1.28. The second-order valence-corrected chi connectivity index (χ2v) is 3.78. The normalized spacial score (nSPS) is 10.3. The first-order valence-electron chi connectivity index (χ1n) is 5.37. The summed E-state index contributed by atoms with van der Waals surface area (Å²) in [4.78, 5) is 12.0. The third-order valence-electron chi connectivity index (χ3n) is 2.61. The van der Waals surface area contributed by atoms with Gasteiger partial charge in [-0.2, -0.15) is 0 Å². The van der Waals surface area contributed by atoms with Gasteiger partial charge in [-0.15, -0.1) is 0 Å². The van der Waals surface area contributed by atoms with Crippen LogP contribution in [0.25, 0.3) is 0 Å². The Balaban J connectivity index is 2.44. The predicted octanol–water partition coefficient (Wildman–Crippen LogP) is 3.34. The van der Waals surface area contributed by atoms with Gasteiger partial charge in [-0.25, -0.2) is 13.2 Å². The highest BCUT2D eigenvalue weighted by atomic mass is 19.2. The quantitative estimate of drug-likeness (QED) is 0.796. The molecule has 5 heteroatoms. The molecule has 0 saturated heterocycles. The molecule has 0 fully saturated rings. The maximum Gasteiger partial charge on any atom is 0.196 e. The molecule has 2 rings (SSSR count). The van der Waals surface area contributed by atoms with Crippen LogP contribution in [0.1, 0.15) is 15.9 Å². The first-order chi connectivity index (χ1) is 9.04. The molecule has 98 valence electrons. The van der Waals surface area contributed by atoms with Crippen molar-refractivity contribution in [2.75, 3.05) is 7.11 Å². The van der Waals surface area contributed by atoms with Gasteiger partial charge in [-0.3, -0.25) is 4.79 Å². The molecule has 19 heavy (non-hydrogen) atoms. The molecule has 0 aromatic heterocycles. The fourth-order valence-corrected chi connectivity index (χ4v) is 1.64. The summed E-state index contributed by atoms with van der Waals surface area (Å²) in [6.07, 6.45) is 0. The molecular formula is C14H9F3O2. The summed E-state index contributed by atoms with van der Waals surface area (Å²) in [5.74, 6) is -3.94. The largest absolute Gasteiger partial charge is 0.494 e. The highest BCUT2D eigenvalue weighted by molar-refractivity contribution is 6.09. The molecule has 2 aromatic carbocycles. The summed E-state index contributed by atoms with van der Waals surface area (Å²) in [6, 6.07) is 6.72. The van der Waals surface area contributed by atoms with E-state index in [1.54, 1.807) is 0 Å². The van der Waals surface area contributed by atoms with E-state index in [1.165, 1.54) is 25.3 Å². The van der Waals surface area contributed by atoms with Crippen LogP contribution >= 0.6 is 0 Å².